The number of furan rings is 1. The highest BCUT2D eigenvalue weighted by Crippen LogP contribution is 2.19. The number of amides is 1. The lowest BCUT2D eigenvalue weighted by Gasteiger charge is -2.32. The van der Waals surface area contributed by atoms with Crippen molar-refractivity contribution in [2.75, 3.05) is 27.2 Å². The molecule has 0 bridgehead atoms. The Hall–Kier alpha value is -2.16. The van der Waals surface area contributed by atoms with Gasteiger partial charge in [-0.1, -0.05) is 12.1 Å². The number of carbonyl (C=O) groups excluding carboxylic acids is 1. The maximum Gasteiger partial charge on any atom is 0.287 e. The molecule has 152 valence electrons. The zero-order chi connectivity index (χ0) is 20.3. The normalized spacial score (nSPS) is 16.4. The highest BCUT2D eigenvalue weighted by molar-refractivity contribution is 7.89. The average Bonchev–Trinajstić information content (AvgIpc) is 3.09. The molecule has 7 nitrogen and oxygen atoms in total. The van der Waals surface area contributed by atoms with Crippen molar-refractivity contribution in [3.63, 3.8) is 0 Å². The zero-order valence-corrected chi connectivity index (χ0v) is 17.3. The smallest absolute Gasteiger partial charge is 0.287 e. The number of piperidine rings is 1. The van der Waals surface area contributed by atoms with Gasteiger partial charge in [0.15, 0.2) is 5.76 Å². The monoisotopic (exact) mass is 405 g/mol. The van der Waals surface area contributed by atoms with Crippen molar-refractivity contribution in [3.8, 4) is 0 Å². The van der Waals surface area contributed by atoms with Crippen LogP contribution in [0.2, 0.25) is 0 Å². The van der Waals surface area contributed by atoms with E-state index in [0.717, 1.165) is 37.1 Å². The lowest BCUT2D eigenvalue weighted by atomic mass is 10.0. The van der Waals surface area contributed by atoms with E-state index in [1.807, 2.05) is 13.0 Å². The van der Waals surface area contributed by atoms with Gasteiger partial charge < -0.3 is 9.73 Å². The van der Waals surface area contributed by atoms with Crippen LogP contribution in [0.5, 0.6) is 0 Å². The minimum atomic E-state index is -3.43. The molecule has 1 amide bonds. The van der Waals surface area contributed by atoms with E-state index in [0.29, 0.717) is 17.2 Å². The number of nitrogens with zero attached hydrogens (tertiary/aromatic N) is 2. The minimum absolute atomic E-state index is 0.119. The van der Waals surface area contributed by atoms with Gasteiger partial charge in [-0.15, -0.1) is 0 Å². The van der Waals surface area contributed by atoms with Crippen LogP contribution in [-0.4, -0.2) is 56.8 Å². The van der Waals surface area contributed by atoms with E-state index in [1.54, 1.807) is 24.3 Å². The number of benzene rings is 1. The number of sulfonamides is 1. The minimum Gasteiger partial charge on any atom is -0.459 e. The van der Waals surface area contributed by atoms with Gasteiger partial charge in [-0.3, -0.25) is 9.69 Å². The molecule has 1 saturated heterocycles. The fourth-order valence-electron chi connectivity index (χ4n) is 3.37. The third kappa shape index (κ3) is 4.63. The number of hydrogen-bond acceptors (Lipinski definition) is 5. The van der Waals surface area contributed by atoms with Crippen molar-refractivity contribution in [2.24, 2.45) is 0 Å². The highest BCUT2D eigenvalue weighted by Gasteiger charge is 2.23. The average molecular weight is 406 g/mol. The summed E-state index contributed by atoms with van der Waals surface area (Å²) in [6, 6.07) is 8.99. The Labute approximate surface area is 166 Å². The van der Waals surface area contributed by atoms with Gasteiger partial charge in [-0.2, -0.15) is 0 Å². The quantitative estimate of drug-likeness (QED) is 0.797. The van der Waals surface area contributed by atoms with Crippen molar-refractivity contribution in [2.45, 2.75) is 37.2 Å². The zero-order valence-electron chi connectivity index (χ0n) is 16.5. The Balaban J connectivity index is 1.55. The molecule has 0 spiro atoms. The lowest BCUT2D eigenvalue weighted by Crippen LogP contribution is -2.44. The van der Waals surface area contributed by atoms with Crippen molar-refractivity contribution in [1.82, 2.24) is 14.5 Å². The van der Waals surface area contributed by atoms with E-state index in [9.17, 15) is 13.2 Å². The van der Waals surface area contributed by atoms with E-state index < -0.39 is 10.0 Å². The molecular weight excluding hydrogens is 378 g/mol. The predicted octanol–water partition coefficient (Wildman–Crippen LogP) is 2.23. The number of hydrogen-bond donors (Lipinski definition) is 1. The number of rotatable bonds is 6. The molecular formula is C20H27N3O4S. The van der Waals surface area contributed by atoms with Crippen LogP contribution in [0.3, 0.4) is 0 Å². The fraction of sp³-hybridized carbons (Fsp3) is 0.450. The molecule has 28 heavy (non-hydrogen) atoms. The highest BCUT2D eigenvalue weighted by atomic mass is 32.2. The third-order valence-corrected chi connectivity index (χ3v) is 6.89. The first-order valence-electron chi connectivity index (χ1n) is 9.36. The van der Waals surface area contributed by atoms with Crippen molar-refractivity contribution >= 4 is 15.9 Å². The van der Waals surface area contributed by atoms with Gasteiger partial charge in [0.2, 0.25) is 10.0 Å². The number of likely N-dealkylation sites (tertiary alicyclic amines) is 1. The van der Waals surface area contributed by atoms with Crippen LogP contribution >= 0.6 is 0 Å². The van der Waals surface area contributed by atoms with Gasteiger partial charge in [0.25, 0.3) is 5.91 Å². The second-order valence-corrected chi connectivity index (χ2v) is 9.54. The Morgan fingerprint density at radius 2 is 1.96 bits per heavy atom. The summed E-state index contributed by atoms with van der Waals surface area (Å²) in [5.41, 5.74) is 1.80. The summed E-state index contributed by atoms with van der Waals surface area (Å²) in [4.78, 5) is 14.9. The molecule has 0 saturated carbocycles. The summed E-state index contributed by atoms with van der Waals surface area (Å²) in [5.74, 6) is 0.212. The Bertz CT molecular complexity index is 928. The molecule has 1 fully saturated rings. The fourth-order valence-corrected chi connectivity index (χ4v) is 4.34. The lowest BCUT2D eigenvalue weighted by molar-refractivity contribution is 0.0880. The van der Waals surface area contributed by atoms with E-state index >= 15 is 0 Å². The van der Waals surface area contributed by atoms with Gasteiger partial charge in [0.1, 0.15) is 0 Å². The van der Waals surface area contributed by atoms with Crippen molar-refractivity contribution < 1.29 is 17.6 Å². The van der Waals surface area contributed by atoms with Crippen LogP contribution in [-0.2, 0) is 16.6 Å². The summed E-state index contributed by atoms with van der Waals surface area (Å²) < 4.78 is 31.1. The molecule has 1 aromatic heterocycles. The standard InChI is InChI=1S/C20H27N3O4S/c1-15-9-12-27-19(15)20(24)21-17-7-10-23(11-8-17)14-16-5-4-6-18(13-16)28(25,26)22(2)3/h4-6,9,12-13,17H,7-8,10-11,14H2,1-3H3,(H,21,24). The second kappa shape index (κ2) is 8.46. The molecule has 2 heterocycles. The molecule has 2 aromatic rings. The van der Waals surface area contributed by atoms with Crippen LogP contribution in [0.1, 0.15) is 34.5 Å². The maximum absolute atomic E-state index is 12.3. The summed E-state index contributed by atoms with van der Waals surface area (Å²) in [6.45, 7) is 4.22. The number of nitrogens with one attached hydrogen (secondary N) is 1. The predicted molar refractivity (Wildman–Crippen MR) is 107 cm³/mol. The van der Waals surface area contributed by atoms with Crippen LogP contribution in [0.15, 0.2) is 45.9 Å². The Morgan fingerprint density at radius 1 is 1.25 bits per heavy atom. The van der Waals surface area contributed by atoms with E-state index in [-0.39, 0.29) is 11.9 Å². The molecule has 8 heteroatoms. The van der Waals surface area contributed by atoms with Crippen LogP contribution in [0.4, 0.5) is 0 Å². The molecule has 0 radical (unpaired) electrons. The first-order chi connectivity index (χ1) is 13.3. The summed E-state index contributed by atoms with van der Waals surface area (Å²) in [7, 11) is -0.363. The molecule has 0 atom stereocenters. The number of carbonyl (C=O) groups is 1. The number of aryl methyl sites for hydroxylation is 1. The van der Waals surface area contributed by atoms with Crippen LogP contribution in [0, 0.1) is 6.92 Å². The molecule has 1 aromatic carbocycles. The van der Waals surface area contributed by atoms with Crippen molar-refractivity contribution in [1.29, 1.82) is 0 Å². The molecule has 3 rings (SSSR count). The SMILES string of the molecule is Cc1ccoc1C(=O)NC1CCN(Cc2cccc(S(=O)(=O)N(C)C)c2)CC1. The van der Waals surface area contributed by atoms with Crippen molar-refractivity contribution in [3.05, 3.63) is 53.5 Å². The summed E-state index contributed by atoms with van der Waals surface area (Å²) >= 11 is 0. The van der Waals surface area contributed by atoms with E-state index in [2.05, 4.69) is 10.2 Å². The maximum atomic E-state index is 12.3. The second-order valence-electron chi connectivity index (χ2n) is 7.39. The Kier molecular flexibility index (Phi) is 6.22. The Morgan fingerprint density at radius 3 is 2.57 bits per heavy atom. The van der Waals surface area contributed by atoms with Gasteiger partial charge in [-0.05, 0) is 43.5 Å². The summed E-state index contributed by atoms with van der Waals surface area (Å²) in [6.07, 6.45) is 3.22. The first kappa shape index (κ1) is 20.6. The first-order valence-corrected chi connectivity index (χ1v) is 10.8. The van der Waals surface area contributed by atoms with E-state index in [4.69, 9.17) is 4.42 Å². The third-order valence-electron chi connectivity index (χ3n) is 5.07. The largest absolute Gasteiger partial charge is 0.459 e. The topological polar surface area (TPSA) is 82.9 Å². The molecule has 0 aliphatic carbocycles. The molecule has 1 aliphatic heterocycles. The molecule has 1 aliphatic rings. The molecule has 0 unspecified atom stereocenters. The van der Waals surface area contributed by atoms with E-state index in [1.165, 1.54) is 24.7 Å². The van der Waals surface area contributed by atoms with Gasteiger partial charge in [0, 0.05) is 45.3 Å². The summed E-state index contributed by atoms with van der Waals surface area (Å²) in [5, 5.41) is 3.04. The van der Waals surface area contributed by atoms with Gasteiger partial charge in [-0.25, -0.2) is 12.7 Å². The van der Waals surface area contributed by atoms with Gasteiger partial charge in [0.05, 0.1) is 11.2 Å². The van der Waals surface area contributed by atoms with Gasteiger partial charge >= 0.3 is 0 Å². The van der Waals surface area contributed by atoms with Crippen LogP contribution in [0.25, 0.3) is 0 Å². The molecule has 1 N–H and O–H groups in total. The van der Waals surface area contributed by atoms with Crippen LogP contribution < -0.4 is 5.32 Å².